The van der Waals surface area contributed by atoms with Gasteiger partial charge in [0.25, 0.3) is 5.91 Å². The summed E-state index contributed by atoms with van der Waals surface area (Å²) in [6.07, 6.45) is 2.59. The van der Waals surface area contributed by atoms with Crippen molar-refractivity contribution in [3.05, 3.63) is 35.0 Å². The Kier molecular flexibility index (Phi) is 4.99. The Morgan fingerprint density at radius 1 is 1.42 bits per heavy atom. The summed E-state index contributed by atoms with van der Waals surface area (Å²) in [5.74, 6) is 0.902. The van der Waals surface area contributed by atoms with Crippen molar-refractivity contribution in [1.82, 2.24) is 20.3 Å². The number of nitrogens with zero attached hydrogens (tertiary/aromatic N) is 3. The predicted molar refractivity (Wildman–Crippen MR) is 87.7 cm³/mol. The zero-order chi connectivity index (χ0) is 17.1. The lowest BCUT2D eigenvalue weighted by molar-refractivity contribution is 0.0915. The first kappa shape index (κ1) is 16.7. The molecule has 2 aromatic rings. The van der Waals surface area contributed by atoms with Gasteiger partial charge in [-0.3, -0.25) is 9.48 Å². The summed E-state index contributed by atoms with van der Waals surface area (Å²) in [6.45, 7) is 5.12. The van der Waals surface area contributed by atoms with Gasteiger partial charge in [-0.1, -0.05) is 18.5 Å². The number of amides is 1. The van der Waals surface area contributed by atoms with E-state index >= 15 is 0 Å². The average Bonchev–Trinajstić information content (AvgIpc) is 3.22. The van der Waals surface area contributed by atoms with Gasteiger partial charge in [0.15, 0.2) is 0 Å². The lowest BCUT2D eigenvalue weighted by atomic mass is 9.98. The first-order valence-electron chi connectivity index (χ1n) is 8.40. The molecular formula is C17H24N4O3. The SMILES string of the molecule is CCCc1cc(C(=O)N[C@H]2COC[C@H]2Cc2cc(C)no2)n(C)n1. The third-order valence-electron chi connectivity index (χ3n) is 4.32. The van der Waals surface area contributed by atoms with Gasteiger partial charge in [0.05, 0.1) is 30.6 Å². The van der Waals surface area contributed by atoms with Gasteiger partial charge in [-0.25, -0.2) is 0 Å². The molecule has 7 heteroatoms. The van der Waals surface area contributed by atoms with Crippen LogP contribution in [0.15, 0.2) is 16.7 Å². The van der Waals surface area contributed by atoms with E-state index < -0.39 is 0 Å². The second kappa shape index (κ2) is 7.17. The molecule has 2 atom stereocenters. The van der Waals surface area contributed by atoms with Gasteiger partial charge in [0.1, 0.15) is 11.5 Å². The summed E-state index contributed by atoms with van der Waals surface area (Å²) < 4.78 is 12.5. The molecule has 7 nitrogen and oxygen atoms in total. The molecule has 1 N–H and O–H groups in total. The number of rotatable bonds is 6. The van der Waals surface area contributed by atoms with Crippen LogP contribution in [0.5, 0.6) is 0 Å². The highest BCUT2D eigenvalue weighted by molar-refractivity contribution is 5.92. The predicted octanol–water partition coefficient (Wildman–Crippen LogP) is 1.66. The van der Waals surface area contributed by atoms with Gasteiger partial charge < -0.3 is 14.6 Å². The maximum absolute atomic E-state index is 12.6. The maximum Gasteiger partial charge on any atom is 0.269 e. The van der Waals surface area contributed by atoms with Crippen molar-refractivity contribution >= 4 is 5.91 Å². The summed E-state index contributed by atoms with van der Waals surface area (Å²) in [6, 6.07) is 3.76. The van der Waals surface area contributed by atoms with E-state index in [1.165, 1.54) is 0 Å². The highest BCUT2D eigenvalue weighted by atomic mass is 16.5. The van der Waals surface area contributed by atoms with Crippen molar-refractivity contribution in [3.8, 4) is 0 Å². The molecule has 1 aliphatic heterocycles. The van der Waals surface area contributed by atoms with Gasteiger partial charge in [-0.05, 0) is 19.4 Å². The highest BCUT2D eigenvalue weighted by Gasteiger charge is 2.31. The standard InChI is InChI=1S/C17H24N4O3/c1-4-5-13-8-16(21(3)19-13)17(22)18-15-10-23-9-12(15)7-14-6-11(2)20-24-14/h6,8,12,15H,4-5,7,9-10H2,1-3H3,(H,18,22)/t12-,15+/m1/s1. The Hall–Kier alpha value is -2.15. The zero-order valence-electron chi connectivity index (χ0n) is 14.4. The van der Waals surface area contributed by atoms with E-state index in [2.05, 4.69) is 22.5 Å². The Morgan fingerprint density at radius 3 is 2.96 bits per heavy atom. The van der Waals surface area contributed by atoms with Crippen LogP contribution < -0.4 is 5.32 Å². The summed E-state index contributed by atoms with van der Waals surface area (Å²) in [4.78, 5) is 12.6. The fourth-order valence-electron chi connectivity index (χ4n) is 3.09. The fourth-order valence-corrected chi connectivity index (χ4v) is 3.09. The molecule has 0 spiro atoms. The molecule has 24 heavy (non-hydrogen) atoms. The van der Waals surface area contributed by atoms with Crippen LogP contribution in [0.1, 0.15) is 41.0 Å². The van der Waals surface area contributed by atoms with E-state index in [9.17, 15) is 4.79 Å². The van der Waals surface area contributed by atoms with E-state index in [1.807, 2.05) is 19.1 Å². The molecule has 3 heterocycles. The minimum absolute atomic E-state index is 0.0348. The average molecular weight is 332 g/mol. The van der Waals surface area contributed by atoms with Crippen molar-refractivity contribution in [2.75, 3.05) is 13.2 Å². The second-order valence-electron chi connectivity index (χ2n) is 6.41. The number of nitrogens with one attached hydrogen (secondary N) is 1. The maximum atomic E-state index is 12.6. The third-order valence-corrected chi connectivity index (χ3v) is 4.32. The van der Waals surface area contributed by atoms with Gasteiger partial charge in [0, 0.05) is 25.5 Å². The molecule has 0 radical (unpaired) electrons. The Bertz CT molecular complexity index is 707. The van der Waals surface area contributed by atoms with Gasteiger partial charge in [-0.15, -0.1) is 0 Å². The summed E-state index contributed by atoms with van der Waals surface area (Å²) in [7, 11) is 1.80. The molecule has 1 aliphatic rings. The van der Waals surface area contributed by atoms with E-state index in [0.717, 1.165) is 30.0 Å². The summed E-state index contributed by atoms with van der Waals surface area (Å²) in [5.41, 5.74) is 2.39. The van der Waals surface area contributed by atoms with Gasteiger partial charge >= 0.3 is 0 Å². The highest BCUT2D eigenvalue weighted by Crippen LogP contribution is 2.20. The van der Waals surface area contributed by atoms with Crippen molar-refractivity contribution in [2.45, 2.75) is 39.2 Å². The smallest absolute Gasteiger partial charge is 0.269 e. The lowest BCUT2D eigenvalue weighted by Crippen LogP contribution is -2.41. The number of aromatic nitrogens is 3. The monoisotopic (exact) mass is 332 g/mol. The summed E-state index contributed by atoms with van der Waals surface area (Å²) >= 11 is 0. The molecule has 0 unspecified atom stereocenters. The van der Waals surface area contributed by atoms with Gasteiger partial charge in [-0.2, -0.15) is 5.10 Å². The fraction of sp³-hybridized carbons (Fsp3) is 0.588. The molecule has 0 bridgehead atoms. The zero-order valence-corrected chi connectivity index (χ0v) is 14.4. The van der Waals surface area contributed by atoms with Crippen LogP contribution in [0.4, 0.5) is 0 Å². The molecule has 0 saturated carbocycles. The van der Waals surface area contributed by atoms with E-state index in [1.54, 1.807) is 11.7 Å². The normalized spacial score (nSPS) is 20.5. The second-order valence-corrected chi connectivity index (χ2v) is 6.41. The van der Waals surface area contributed by atoms with Crippen molar-refractivity contribution in [2.24, 2.45) is 13.0 Å². The van der Waals surface area contributed by atoms with Crippen molar-refractivity contribution in [1.29, 1.82) is 0 Å². The number of hydrogen-bond donors (Lipinski definition) is 1. The number of hydrogen-bond acceptors (Lipinski definition) is 5. The molecule has 1 fully saturated rings. The van der Waals surface area contributed by atoms with Crippen LogP contribution in [0.3, 0.4) is 0 Å². The molecule has 0 aromatic carbocycles. The largest absolute Gasteiger partial charge is 0.379 e. The molecule has 130 valence electrons. The molecule has 3 rings (SSSR count). The number of carbonyl (C=O) groups is 1. The Balaban J connectivity index is 1.64. The first-order chi connectivity index (χ1) is 11.6. The van der Waals surface area contributed by atoms with Crippen LogP contribution in [0, 0.1) is 12.8 Å². The van der Waals surface area contributed by atoms with Crippen molar-refractivity contribution < 1.29 is 14.1 Å². The molecule has 2 aromatic heterocycles. The minimum Gasteiger partial charge on any atom is -0.379 e. The van der Waals surface area contributed by atoms with Gasteiger partial charge in [0.2, 0.25) is 0 Å². The molecule has 1 saturated heterocycles. The summed E-state index contributed by atoms with van der Waals surface area (Å²) in [5, 5.41) is 11.4. The Labute approximate surface area is 141 Å². The van der Waals surface area contributed by atoms with Crippen LogP contribution in [0.2, 0.25) is 0 Å². The Morgan fingerprint density at radius 2 is 2.25 bits per heavy atom. The number of carbonyl (C=O) groups excluding carboxylic acids is 1. The van der Waals surface area contributed by atoms with Crippen molar-refractivity contribution in [3.63, 3.8) is 0 Å². The van der Waals surface area contributed by atoms with E-state index in [4.69, 9.17) is 9.26 Å². The van der Waals surface area contributed by atoms with Crippen LogP contribution in [-0.4, -0.2) is 40.1 Å². The molecule has 0 aliphatic carbocycles. The minimum atomic E-state index is -0.110. The topological polar surface area (TPSA) is 82.2 Å². The van der Waals surface area contributed by atoms with Crippen LogP contribution in [0.25, 0.3) is 0 Å². The van der Waals surface area contributed by atoms with Crippen LogP contribution in [-0.2, 0) is 24.6 Å². The third kappa shape index (κ3) is 3.67. The van der Waals surface area contributed by atoms with E-state index in [0.29, 0.717) is 25.3 Å². The quantitative estimate of drug-likeness (QED) is 0.870. The molecule has 1 amide bonds. The number of ether oxygens (including phenoxy) is 1. The van der Waals surface area contributed by atoms with E-state index in [-0.39, 0.29) is 17.9 Å². The first-order valence-corrected chi connectivity index (χ1v) is 8.40. The number of aryl methyl sites for hydroxylation is 3. The molecular weight excluding hydrogens is 308 g/mol. The van der Waals surface area contributed by atoms with Crippen LogP contribution >= 0.6 is 0 Å². The lowest BCUT2D eigenvalue weighted by Gasteiger charge is -2.17.